The molecule has 2 fully saturated rings. The zero-order chi connectivity index (χ0) is 21.9. The van der Waals surface area contributed by atoms with Crippen LogP contribution < -0.4 is 5.32 Å². The van der Waals surface area contributed by atoms with E-state index in [4.69, 9.17) is 4.74 Å². The maximum absolute atomic E-state index is 13.2. The molecule has 1 aromatic carbocycles. The van der Waals surface area contributed by atoms with Crippen molar-refractivity contribution >= 4 is 27.7 Å². The monoisotopic (exact) mass is 439 g/mol. The van der Waals surface area contributed by atoms with Crippen molar-refractivity contribution in [3.05, 3.63) is 24.3 Å². The normalized spacial score (nSPS) is 25.6. The van der Waals surface area contributed by atoms with Gasteiger partial charge in [0.25, 0.3) is 0 Å². The van der Waals surface area contributed by atoms with E-state index in [1.807, 2.05) is 18.7 Å². The molecular formula is C20H29N3O6S. The van der Waals surface area contributed by atoms with Crippen LogP contribution in [-0.2, 0) is 24.3 Å². The summed E-state index contributed by atoms with van der Waals surface area (Å²) in [6.07, 6.45) is 0.670. The van der Waals surface area contributed by atoms with Gasteiger partial charge in [0.05, 0.1) is 43.2 Å². The molecule has 0 aliphatic carbocycles. The molecule has 2 aliphatic rings. The summed E-state index contributed by atoms with van der Waals surface area (Å²) in [5, 5.41) is 2.49. The van der Waals surface area contributed by atoms with E-state index in [2.05, 4.69) is 10.1 Å². The Morgan fingerprint density at radius 1 is 1.13 bits per heavy atom. The highest BCUT2D eigenvalue weighted by molar-refractivity contribution is 7.89. The lowest BCUT2D eigenvalue weighted by Gasteiger charge is -2.42. The van der Waals surface area contributed by atoms with Gasteiger partial charge in [-0.2, -0.15) is 4.31 Å². The zero-order valence-corrected chi connectivity index (χ0v) is 18.4. The second kappa shape index (κ2) is 9.32. The number of sulfonamides is 1. The summed E-state index contributed by atoms with van der Waals surface area (Å²) in [6, 6.07) is 5.85. The third kappa shape index (κ3) is 4.76. The number of piperidine rings is 1. The molecule has 2 amide bonds. The van der Waals surface area contributed by atoms with E-state index >= 15 is 0 Å². The van der Waals surface area contributed by atoms with Crippen LogP contribution in [-0.4, -0.2) is 75.1 Å². The summed E-state index contributed by atoms with van der Waals surface area (Å²) in [5.41, 5.74) is 0.433. The Labute approximate surface area is 177 Å². The summed E-state index contributed by atoms with van der Waals surface area (Å²) in [6.45, 7) is 5.44. The van der Waals surface area contributed by atoms with Crippen molar-refractivity contribution < 1.29 is 27.5 Å². The van der Waals surface area contributed by atoms with Crippen molar-refractivity contribution in [2.45, 2.75) is 43.7 Å². The molecular weight excluding hydrogens is 410 g/mol. The van der Waals surface area contributed by atoms with Gasteiger partial charge in [-0.05, 0) is 51.0 Å². The van der Waals surface area contributed by atoms with Gasteiger partial charge in [0.1, 0.15) is 0 Å². The fraction of sp³-hybridized carbons (Fsp3) is 0.600. The van der Waals surface area contributed by atoms with Gasteiger partial charge in [-0.3, -0.25) is 10.1 Å². The Morgan fingerprint density at radius 3 is 2.37 bits per heavy atom. The largest absolute Gasteiger partial charge is 0.453 e. The molecule has 0 spiro atoms. The predicted octanol–water partition coefficient (Wildman–Crippen LogP) is 1.90. The van der Waals surface area contributed by atoms with Crippen LogP contribution in [0.1, 0.15) is 26.7 Å². The van der Waals surface area contributed by atoms with Gasteiger partial charge in [0.2, 0.25) is 15.9 Å². The molecule has 0 unspecified atom stereocenters. The van der Waals surface area contributed by atoms with Crippen LogP contribution in [0.4, 0.5) is 10.5 Å². The molecule has 2 heterocycles. The number of benzene rings is 1. The third-order valence-corrected chi connectivity index (χ3v) is 7.46. The number of rotatable bonds is 4. The highest BCUT2D eigenvalue weighted by Crippen LogP contribution is 2.27. The van der Waals surface area contributed by atoms with E-state index in [1.165, 1.54) is 35.7 Å². The van der Waals surface area contributed by atoms with Crippen molar-refractivity contribution in [2.75, 3.05) is 38.7 Å². The Morgan fingerprint density at radius 2 is 1.77 bits per heavy atom. The van der Waals surface area contributed by atoms with E-state index in [1.54, 1.807) is 0 Å². The SMILES string of the molecule is COC(=O)Nc1ccc(S(=O)(=O)N2CCC[C@@H](C(=O)N3[C@H](C)COC[C@H]3C)C2)cc1. The van der Waals surface area contributed by atoms with Crippen molar-refractivity contribution in [2.24, 2.45) is 5.92 Å². The zero-order valence-electron chi connectivity index (χ0n) is 17.5. The lowest BCUT2D eigenvalue weighted by molar-refractivity contribution is -0.149. The Balaban J connectivity index is 1.72. The molecule has 2 saturated heterocycles. The number of amides is 2. The number of carbonyl (C=O) groups is 2. The third-order valence-electron chi connectivity index (χ3n) is 5.58. The topological polar surface area (TPSA) is 105 Å². The smallest absolute Gasteiger partial charge is 0.411 e. The lowest BCUT2D eigenvalue weighted by Crippen LogP contribution is -2.56. The summed E-state index contributed by atoms with van der Waals surface area (Å²) >= 11 is 0. The number of carbonyl (C=O) groups excluding carboxylic acids is 2. The minimum Gasteiger partial charge on any atom is -0.453 e. The van der Waals surface area contributed by atoms with E-state index in [0.29, 0.717) is 38.3 Å². The van der Waals surface area contributed by atoms with Crippen LogP contribution >= 0.6 is 0 Å². The number of methoxy groups -OCH3 is 1. The van der Waals surface area contributed by atoms with Gasteiger partial charge in [-0.15, -0.1) is 0 Å². The molecule has 166 valence electrons. The van der Waals surface area contributed by atoms with Gasteiger partial charge in [0.15, 0.2) is 0 Å². The second-order valence-corrected chi connectivity index (χ2v) is 9.76. The van der Waals surface area contributed by atoms with Gasteiger partial charge in [-0.25, -0.2) is 13.2 Å². The number of nitrogens with one attached hydrogen (secondary N) is 1. The predicted molar refractivity (Wildman–Crippen MR) is 111 cm³/mol. The number of nitrogens with zero attached hydrogens (tertiary/aromatic N) is 2. The minimum absolute atomic E-state index is 0.00386. The van der Waals surface area contributed by atoms with Gasteiger partial charge >= 0.3 is 6.09 Å². The molecule has 3 rings (SSSR count). The van der Waals surface area contributed by atoms with Gasteiger partial charge in [-0.1, -0.05) is 0 Å². The lowest BCUT2D eigenvalue weighted by atomic mass is 9.96. The van der Waals surface area contributed by atoms with Crippen LogP contribution in [0.2, 0.25) is 0 Å². The first-order valence-electron chi connectivity index (χ1n) is 10.1. The molecule has 0 aromatic heterocycles. The molecule has 3 atom stereocenters. The average Bonchev–Trinajstić information content (AvgIpc) is 2.74. The van der Waals surface area contributed by atoms with Crippen LogP contribution in [0.25, 0.3) is 0 Å². The molecule has 0 saturated carbocycles. The first-order chi connectivity index (χ1) is 14.2. The van der Waals surface area contributed by atoms with Crippen LogP contribution in [0.15, 0.2) is 29.2 Å². The molecule has 2 aliphatic heterocycles. The Kier molecular flexibility index (Phi) is 6.99. The van der Waals surface area contributed by atoms with Gasteiger partial charge in [0, 0.05) is 18.8 Å². The molecule has 0 radical (unpaired) electrons. The highest BCUT2D eigenvalue weighted by atomic mass is 32.2. The minimum atomic E-state index is -3.74. The van der Waals surface area contributed by atoms with E-state index in [-0.39, 0.29) is 35.3 Å². The number of hydrogen-bond donors (Lipinski definition) is 1. The fourth-order valence-electron chi connectivity index (χ4n) is 4.04. The molecule has 10 heteroatoms. The fourth-order valence-corrected chi connectivity index (χ4v) is 5.56. The first-order valence-corrected chi connectivity index (χ1v) is 11.5. The van der Waals surface area contributed by atoms with Crippen molar-refractivity contribution in [1.82, 2.24) is 9.21 Å². The number of anilines is 1. The summed E-state index contributed by atoms with van der Waals surface area (Å²) in [7, 11) is -2.49. The summed E-state index contributed by atoms with van der Waals surface area (Å²) in [5.74, 6) is -0.368. The number of morpholine rings is 1. The summed E-state index contributed by atoms with van der Waals surface area (Å²) < 4.78 is 37.7. The van der Waals surface area contributed by atoms with Crippen molar-refractivity contribution in [3.8, 4) is 0 Å². The maximum atomic E-state index is 13.2. The summed E-state index contributed by atoms with van der Waals surface area (Å²) in [4.78, 5) is 26.4. The second-order valence-electron chi connectivity index (χ2n) is 7.82. The van der Waals surface area contributed by atoms with Gasteiger partial charge < -0.3 is 14.4 Å². The Hall–Kier alpha value is -2.17. The first kappa shape index (κ1) is 22.5. The average molecular weight is 440 g/mol. The highest BCUT2D eigenvalue weighted by Gasteiger charge is 2.38. The standard InChI is InChI=1S/C20H29N3O6S/c1-14-12-29-13-15(2)23(14)19(24)16-5-4-10-22(11-16)30(26,27)18-8-6-17(7-9-18)21-20(25)28-3/h6-9,14-16H,4-5,10-13H2,1-3H3,(H,21,25)/t14-,15-,16-/m1/s1. The van der Waals surface area contributed by atoms with Crippen molar-refractivity contribution in [1.29, 1.82) is 0 Å². The van der Waals surface area contributed by atoms with E-state index in [0.717, 1.165) is 0 Å². The molecule has 1 N–H and O–H groups in total. The molecule has 1 aromatic rings. The van der Waals surface area contributed by atoms with Crippen LogP contribution in [0, 0.1) is 5.92 Å². The van der Waals surface area contributed by atoms with Crippen LogP contribution in [0.3, 0.4) is 0 Å². The van der Waals surface area contributed by atoms with Crippen LogP contribution in [0.5, 0.6) is 0 Å². The number of hydrogen-bond acceptors (Lipinski definition) is 6. The maximum Gasteiger partial charge on any atom is 0.411 e. The Bertz CT molecular complexity index is 863. The van der Waals surface area contributed by atoms with E-state index < -0.39 is 16.1 Å². The quantitative estimate of drug-likeness (QED) is 0.768. The molecule has 30 heavy (non-hydrogen) atoms. The molecule has 0 bridgehead atoms. The van der Waals surface area contributed by atoms with Crippen molar-refractivity contribution in [3.63, 3.8) is 0 Å². The molecule has 9 nitrogen and oxygen atoms in total. The number of ether oxygens (including phenoxy) is 2. The van der Waals surface area contributed by atoms with E-state index in [9.17, 15) is 18.0 Å².